The monoisotopic (exact) mass is 358 g/mol. The summed E-state index contributed by atoms with van der Waals surface area (Å²) in [6.45, 7) is 2.19. The van der Waals surface area contributed by atoms with Crippen molar-refractivity contribution in [1.82, 2.24) is 20.1 Å². The highest BCUT2D eigenvalue weighted by Gasteiger charge is 2.16. The van der Waals surface area contributed by atoms with Crippen LogP contribution in [0.25, 0.3) is 33.1 Å². The van der Waals surface area contributed by atoms with Crippen LogP contribution in [0.4, 0.5) is 0 Å². The van der Waals surface area contributed by atoms with E-state index in [0.717, 1.165) is 46.2 Å². The van der Waals surface area contributed by atoms with Crippen LogP contribution in [0.1, 0.15) is 24.3 Å². The Morgan fingerprint density at radius 1 is 1.00 bits per heavy atom. The van der Waals surface area contributed by atoms with Crippen molar-refractivity contribution >= 4 is 21.8 Å². The minimum atomic E-state index is 0.208. The van der Waals surface area contributed by atoms with E-state index < -0.39 is 0 Å². The Bertz CT molecular complexity index is 1140. The number of fused-ring (bicyclic) bond motifs is 2. The molecule has 4 aromatic rings. The number of hydrogen-bond donors (Lipinski definition) is 2. The van der Waals surface area contributed by atoms with E-state index in [1.165, 1.54) is 18.4 Å². The van der Waals surface area contributed by atoms with Crippen LogP contribution in [-0.4, -0.2) is 33.0 Å². The Labute approximate surface area is 157 Å². The number of rotatable bonds is 2. The molecule has 1 fully saturated rings. The summed E-state index contributed by atoms with van der Waals surface area (Å²) in [6.07, 6.45) is 4.33. The second-order valence-corrected chi connectivity index (χ2v) is 7.40. The average molecular weight is 358 g/mol. The molecule has 5 heteroatoms. The van der Waals surface area contributed by atoms with Crippen LogP contribution in [0.5, 0.6) is 5.75 Å². The Morgan fingerprint density at radius 3 is 2.70 bits per heavy atom. The zero-order valence-electron chi connectivity index (χ0n) is 15.3. The first-order chi connectivity index (χ1) is 13.2. The van der Waals surface area contributed by atoms with Gasteiger partial charge in [-0.05, 0) is 61.7 Å². The topological polar surface area (TPSA) is 63.0 Å². The molecule has 5 nitrogen and oxygen atoms in total. The maximum atomic E-state index is 10.5. The van der Waals surface area contributed by atoms with Crippen molar-refractivity contribution < 1.29 is 5.11 Å². The first-order valence-electron chi connectivity index (χ1n) is 9.45. The van der Waals surface area contributed by atoms with Gasteiger partial charge in [0.25, 0.3) is 0 Å². The van der Waals surface area contributed by atoms with Crippen LogP contribution in [-0.2, 0) is 7.05 Å². The summed E-state index contributed by atoms with van der Waals surface area (Å²) in [4.78, 5) is 4.81. The van der Waals surface area contributed by atoms with E-state index in [1.54, 1.807) is 10.7 Å². The molecule has 0 radical (unpaired) electrons. The van der Waals surface area contributed by atoms with Gasteiger partial charge < -0.3 is 10.4 Å². The predicted octanol–water partition coefficient (Wildman–Crippen LogP) is 3.96. The third kappa shape index (κ3) is 2.94. The number of hydrogen-bond acceptors (Lipinski definition) is 4. The Kier molecular flexibility index (Phi) is 3.83. The highest BCUT2D eigenvalue weighted by molar-refractivity contribution is 5.89. The third-order valence-electron chi connectivity index (χ3n) is 5.54. The smallest absolute Gasteiger partial charge is 0.127 e. The largest absolute Gasteiger partial charge is 0.507 e. The van der Waals surface area contributed by atoms with Crippen molar-refractivity contribution in [2.75, 3.05) is 13.1 Å². The molecule has 0 saturated carbocycles. The van der Waals surface area contributed by atoms with E-state index in [4.69, 9.17) is 4.98 Å². The summed E-state index contributed by atoms with van der Waals surface area (Å²) in [7, 11) is 1.88. The number of piperidine rings is 1. The van der Waals surface area contributed by atoms with Crippen LogP contribution in [0.15, 0.2) is 48.7 Å². The Morgan fingerprint density at radius 2 is 1.85 bits per heavy atom. The molecule has 2 N–H and O–H groups in total. The summed E-state index contributed by atoms with van der Waals surface area (Å²) < 4.78 is 1.75. The van der Waals surface area contributed by atoms with E-state index in [2.05, 4.69) is 34.7 Å². The fraction of sp³-hybridized carbons (Fsp3) is 0.273. The van der Waals surface area contributed by atoms with Crippen LogP contribution in [0, 0.1) is 0 Å². The number of aryl methyl sites for hydroxylation is 1. The number of nitrogens with zero attached hydrogens (tertiary/aromatic N) is 3. The van der Waals surface area contributed by atoms with Crippen molar-refractivity contribution in [3.05, 3.63) is 54.2 Å². The number of aromatic hydroxyl groups is 1. The summed E-state index contributed by atoms with van der Waals surface area (Å²) >= 11 is 0. The molecule has 0 bridgehead atoms. The average Bonchev–Trinajstić information content (AvgIpc) is 3.06. The first kappa shape index (κ1) is 16.3. The van der Waals surface area contributed by atoms with Crippen molar-refractivity contribution in [3.8, 4) is 17.0 Å². The van der Waals surface area contributed by atoms with Gasteiger partial charge in [0.1, 0.15) is 5.75 Å². The highest BCUT2D eigenvalue weighted by Crippen LogP contribution is 2.34. The van der Waals surface area contributed by atoms with Crippen molar-refractivity contribution in [2.24, 2.45) is 7.05 Å². The molecule has 0 aliphatic carbocycles. The first-order valence-corrected chi connectivity index (χ1v) is 9.45. The molecule has 0 unspecified atom stereocenters. The number of phenolic OH excluding ortho intramolecular Hbond substituents is 1. The standard InChI is InChI=1S/C22H22N4O/c1-26-13-17-11-18(22(27)12-21(17)25-26)20-5-3-16-10-15(2-4-19(16)24-20)14-6-8-23-9-7-14/h2-5,10-14,23,27H,6-9H2,1H3. The van der Waals surface area contributed by atoms with Crippen molar-refractivity contribution in [2.45, 2.75) is 18.8 Å². The number of benzene rings is 2. The molecule has 0 atom stereocenters. The zero-order valence-corrected chi connectivity index (χ0v) is 15.3. The van der Waals surface area contributed by atoms with Gasteiger partial charge in [0.15, 0.2) is 0 Å². The molecule has 1 aliphatic rings. The van der Waals surface area contributed by atoms with Gasteiger partial charge in [-0.25, -0.2) is 4.98 Å². The Balaban J connectivity index is 1.55. The number of phenols is 1. The lowest BCUT2D eigenvalue weighted by Gasteiger charge is -2.23. The number of aromatic nitrogens is 3. The molecular formula is C22H22N4O. The van der Waals surface area contributed by atoms with Crippen LogP contribution < -0.4 is 5.32 Å². The molecule has 27 heavy (non-hydrogen) atoms. The Hall–Kier alpha value is -2.92. The molecule has 2 aromatic heterocycles. The fourth-order valence-corrected chi connectivity index (χ4v) is 4.09. The van der Waals surface area contributed by atoms with E-state index >= 15 is 0 Å². The maximum Gasteiger partial charge on any atom is 0.127 e. The molecule has 0 spiro atoms. The van der Waals surface area contributed by atoms with Crippen LogP contribution in [0.3, 0.4) is 0 Å². The van der Waals surface area contributed by atoms with Crippen molar-refractivity contribution in [3.63, 3.8) is 0 Å². The predicted molar refractivity (Wildman–Crippen MR) is 108 cm³/mol. The molecule has 3 heterocycles. The number of pyridine rings is 1. The molecular weight excluding hydrogens is 336 g/mol. The summed E-state index contributed by atoms with van der Waals surface area (Å²) in [5.41, 5.74) is 4.65. The molecule has 1 saturated heterocycles. The molecule has 2 aromatic carbocycles. The van der Waals surface area contributed by atoms with Gasteiger partial charge in [-0.3, -0.25) is 4.68 Å². The molecule has 136 valence electrons. The van der Waals surface area contributed by atoms with E-state index in [1.807, 2.05) is 25.4 Å². The minimum Gasteiger partial charge on any atom is -0.507 e. The lowest BCUT2D eigenvalue weighted by molar-refractivity contribution is 0.460. The van der Waals surface area contributed by atoms with Crippen LogP contribution in [0.2, 0.25) is 0 Å². The normalized spacial score (nSPS) is 15.6. The molecule has 5 rings (SSSR count). The highest BCUT2D eigenvalue weighted by atomic mass is 16.3. The fourth-order valence-electron chi connectivity index (χ4n) is 4.09. The van der Waals surface area contributed by atoms with Gasteiger partial charge in [0.2, 0.25) is 0 Å². The lowest BCUT2D eigenvalue weighted by atomic mass is 9.89. The van der Waals surface area contributed by atoms with Gasteiger partial charge in [-0.2, -0.15) is 5.10 Å². The zero-order chi connectivity index (χ0) is 18.4. The lowest BCUT2D eigenvalue weighted by Crippen LogP contribution is -2.26. The minimum absolute atomic E-state index is 0.208. The van der Waals surface area contributed by atoms with Gasteiger partial charge in [-0.15, -0.1) is 0 Å². The van der Waals surface area contributed by atoms with Gasteiger partial charge >= 0.3 is 0 Å². The molecule has 0 amide bonds. The SMILES string of the molecule is Cn1cc2cc(-c3ccc4cc(C5CCNCC5)ccc4n3)c(O)cc2n1. The summed E-state index contributed by atoms with van der Waals surface area (Å²) in [6, 6.07) is 14.3. The van der Waals surface area contributed by atoms with E-state index in [-0.39, 0.29) is 5.75 Å². The quantitative estimate of drug-likeness (QED) is 0.569. The van der Waals surface area contributed by atoms with Gasteiger partial charge in [0, 0.05) is 35.6 Å². The van der Waals surface area contributed by atoms with Crippen molar-refractivity contribution in [1.29, 1.82) is 0 Å². The summed E-state index contributed by atoms with van der Waals surface area (Å²) in [5, 5.41) is 20.4. The second-order valence-electron chi connectivity index (χ2n) is 7.40. The van der Waals surface area contributed by atoms with Crippen LogP contribution >= 0.6 is 0 Å². The molecule has 1 aliphatic heterocycles. The van der Waals surface area contributed by atoms with Gasteiger partial charge in [-0.1, -0.05) is 12.1 Å². The van der Waals surface area contributed by atoms with E-state index in [9.17, 15) is 5.11 Å². The van der Waals surface area contributed by atoms with Gasteiger partial charge in [0.05, 0.1) is 16.7 Å². The number of nitrogens with one attached hydrogen (secondary N) is 1. The maximum absolute atomic E-state index is 10.5. The summed E-state index contributed by atoms with van der Waals surface area (Å²) in [5.74, 6) is 0.840. The third-order valence-corrected chi connectivity index (χ3v) is 5.54. The van der Waals surface area contributed by atoms with E-state index in [0.29, 0.717) is 5.92 Å². The second kappa shape index (κ2) is 6.35.